The highest BCUT2D eigenvalue weighted by molar-refractivity contribution is 5.92. The molecule has 0 radical (unpaired) electrons. The van der Waals surface area contributed by atoms with Crippen molar-refractivity contribution >= 4 is 12.0 Å². The molecule has 0 aliphatic carbocycles. The highest BCUT2D eigenvalue weighted by Gasteiger charge is 2.17. The standard InChI is InChI=1S/C15H20FNO/c1-11(2)17(12(3)4)15(18)10-7-13-5-8-14(16)9-6-13/h5-12H,1-4H3/b10-7+. The van der Waals surface area contributed by atoms with Gasteiger partial charge in [-0.15, -0.1) is 0 Å². The molecular weight excluding hydrogens is 229 g/mol. The molecule has 0 spiro atoms. The molecule has 0 saturated carbocycles. The highest BCUT2D eigenvalue weighted by atomic mass is 19.1. The lowest BCUT2D eigenvalue weighted by atomic mass is 10.2. The topological polar surface area (TPSA) is 20.3 Å². The molecule has 1 aromatic rings. The number of benzene rings is 1. The second kappa shape index (κ2) is 6.34. The molecule has 0 atom stereocenters. The third kappa shape index (κ3) is 3.99. The number of hydrogen-bond donors (Lipinski definition) is 0. The third-order valence-electron chi connectivity index (χ3n) is 2.66. The van der Waals surface area contributed by atoms with Crippen LogP contribution in [0.1, 0.15) is 33.3 Å². The number of amides is 1. The van der Waals surface area contributed by atoms with Crippen LogP contribution in [0.5, 0.6) is 0 Å². The summed E-state index contributed by atoms with van der Waals surface area (Å²) in [5, 5.41) is 0. The number of rotatable bonds is 4. The van der Waals surface area contributed by atoms with Crippen molar-refractivity contribution in [1.82, 2.24) is 4.90 Å². The van der Waals surface area contributed by atoms with Crippen LogP contribution < -0.4 is 0 Å². The second-order valence-corrected chi connectivity index (χ2v) is 4.82. The lowest BCUT2D eigenvalue weighted by Gasteiger charge is -2.29. The van der Waals surface area contributed by atoms with E-state index in [4.69, 9.17) is 0 Å². The minimum absolute atomic E-state index is 0.0238. The van der Waals surface area contributed by atoms with Crippen molar-refractivity contribution in [3.8, 4) is 0 Å². The predicted molar refractivity (Wildman–Crippen MR) is 72.6 cm³/mol. The van der Waals surface area contributed by atoms with Gasteiger partial charge in [-0.05, 0) is 51.5 Å². The van der Waals surface area contributed by atoms with Crippen LogP contribution in [-0.2, 0) is 4.79 Å². The van der Waals surface area contributed by atoms with E-state index in [0.717, 1.165) is 5.56 Å². The fourth-order valence-corrected chi connectivity index (χ4v) is 1.93. The van der Waals surface area contributed by atoms with Gasteiger partial charge in [0.05, 0.1) is 0 Å². The minimum Gasteiger partial charge on any atom is -0.334 e. The van der Waals surface area contributed by atoms with E-state index in [2.05, 4.69) is 0 Å². The molecule has 0 unspecified atom stereocenters. The molecule has 1 aromatic carbocycles. The highest BCUT2D eigenvalue weighted by Crippen LogP contribution is 2.09. The van der Waals surface area contributed by atoms with E-state index >= 15 is 0 Å². The van der Waals surface area contributed by atoms with Gasteiger partial charge < -0.3 is 4.90 Å². The van der Waals surface area contributed by atoms with Crippen molar-refractivity contribution < 1.29 is 9.18 Å². The van der Waals surface area contributed by atoms with Crippen LogP contribution in [0.15, 0.2) is 30.3 Å². The fourth-order valence-electron chi connectivity index (χ4n) is 1.93. The van der Waals surface area contributed by atoms with Gasteiger partial charge in [-0.1, -0.05) is 12.1 Å². The summed E-state index contributed by atoms with van der Waals surface area (Å²) >= 11 is 0. The van der Waals surface area contributed by atoms with E-state index in [0.29, 0.717) is 0 Å². The Kier molecular flexibility index (Phi) is 5.08. The molecule has 2 nitrogen and oxygen atoms in total. The number of carbonyl (C=O) groups is 1. The van der Waals surface area contributed by atoms with Crippen LogP contribution in [0.25, 0.3) is 6.08 Å². The molecular formula is C15H20FNO. The molecule has 0 bridgehead atoms. The Labute approximate surface area is 108 Å². The maximum absolute atomic E-state index is 12.7. The summed E-state index contributed by atoms with van der Waals surface area (Å²) < 4.78 is 12.7. The smallest absolute Gasteiger partial charge is 0.247 e. The zero-order chi connectivity index (χ0) is 13.7. The van der Waals surface area contributed by atoms with Crippen LogP contribution in [0.4, 0.5) is 4.39 Å². The van der Waals surface area contributed by atoms with Gasteiger partial charge in [0.1, 0.15) is 5.82 Å². The molecule has 1 rings (SSSR count). The van der Waals surface area contributed by atoms with Crippen molar-refractivity contribution in [1.29, 1.82) is 0 Å². The van der Waals surface area contributed by atoms with Crippen molar-refractivity contribution in [2.45, 2.75) is 39.8 Å². The monoisotopic (exact) mass is 249 g/mol. The van der Waals surface area contributed by atoms with Gasteiger partial charge in [-0.3, -0.25) is 4.79 Å². The fraction of sp³-hybridized carbons (Fsp3) is 0.400. The van der Waals surface area contributed by atoms with Gasteiger partial charge in [-0.25, -0.2) is 4.39 Å². The van der Waals surface area contributed by atoms with Crippen molar-refractivity contribution in [3.63, 3.8) is 0 Å². The van der Waals surface area contributed by atoms with E-state index in [1.54, 1.807) is 23.1 Å². The first kappa shape index (κ1) is 14.4. The molecule has 0 heterocycles. The van der Waals surface area contributed by atoms with Crippen LogP contribution >= 0.6 is 0 Å². The summed E-state index contributed by atoms with van der Waals surface area (Å²) in [6, 6.07) is 6.38. The van der Waals surface area contributed by atoms with Gasteiger partial charge in [0.25, 0.3) is 0 Å². The van der Waals surface area contributed by atoms with E-state index < -0.39 is 0 Å². The van der Waals surface area contributed by atoms with Crippen molar-refractivity contribution in [2.24, 2.45) is 0 Å². The van der Waals surface area contributed by atoms with E-state index in [1.807, 2.05) is 27.7 Å². The zero-order valence-corrected chi connectivity index (χ0v) is 11.4. The van der Waals surface area contributed by atoms with Gasteiger partial charge in [-0.2, -0.15) is 0 Å². The minimum atomic E-state index is -0.274. The lowest BCUT2D eigenvalue weighted by Crippen LogP contribution is -2.41. The molecule has 98 valence electrons. The van der Waals surface area contributed by atoms with Crippen LogP contribution in [0.2, 0.25) is 0 Å². The molecule has 1 amide bonds. The van der Waals surface area contributed by atoms with Crippen LogP contribution in [0, 0.1) is 5.82 Å². The Morgan fingerprint density at radius 3 is 2.06 bits per heavy atom. The van der Waals surface area contributed by atoms with Gasteiger partial charge in [0.15, 0.2) is 0 Å². The Morgan fingerprint density at radius 2 is 1.61 bits per heavy atom. The first-order valence-corrected chi connectivity index (χ1v) is 6.17. The molecule has 0 aliphatic rings. The third-order valence-corrected chi connectivity index (χ3v) is 2.66. The first-order valence-electron chi connectivity index (χ1n) is 6.17. The molecule has 18 heavy (non-hydrogen) atoms. The van der Waals surface area contributed by atoms with Gasteiger partial charge in [0.2, 0.25) is 5.91 Å². The Balaban J connectivity index is 2.77. The summed E-state index contributed by atoms with van der Waals surface area (Å²) in [5.74, 6) is -0.297. The van der Waals surface area contributed by atoms with E-state index in [-0.39, 0.29) is 23.8 Å². The molecule has 3 heteroatoms. The number of nitrogens with zero attached hydrogens (tertiary/aromatic N) is 1. The predicted octanol–water partition coefficient (Wildman–Crippen LogP) is 3.48. The number of halogens is 1. The Morgan fingerprint density at radius 1 is 1.11 bits per heavy atom. The lowest BCUT2D eigenvalue weighted by molar-refractivity contribution is -0.129. The summed E-state index contributed by atoms with van der Waals surface area (Å²) in [6.45, 7) is 7.96. The summed E-state index contributed by atoms with van der Waals surface area (Å²) in [6.07, 6.45) is 3.24. The Hall–Kier alpha value is -1.64. The summed E-state index contributed by atoms with van der Waals surface area (Å²) in [5.41, 5.74) is 0.817. The summed E-state index contributed by atoms with van der Waals surface area (Å²) in [4.78, 5) is 13.8. The maximum Gasteiger partial charge on any atom is 0.247 e. The normalized spacial score (nSPS) is 11.5. The SMILES string of the molecule is CC(C)N(C(=O)/C=C/c1ccc(F)cc1)C(C)C. The van der Waals surface area contributed by atoms with E-state index in [9.17, 15) is 9.18 Å². The molecule has 0 saturated heterocycles. The zero-order valence-electron chi connectivity index (χ0n) is 11.4. The molecule has 0 aliphatic heterocycles. The average molecular weight is 249 g/mol. The molecule has 0 aromatic heterocycles. The second-order valence-electron chi connectivity index (χ2n) is 4.82. The summed E-state index contributed by atoms with van der Waals surface area (Å²) in [7, 11) is 0. The average Bonchev–Trinajstić information content (AvgIpc) is 2.27. The van der Waals surface area contributed by atoms with Crippen molar-refractivity contribution in [2.75, 3.05) is 0 Å². The van der Waals surface area contributed by atoms with Crippen LogP contribution in [0.3, 0.4) is 0 Å². The first-order chi connectivity index (χ1) is 8.41. The Bertz CT molecular complexity index is 413. The number of carbonyl (C=O) groups excluding carboxylic acids is 1. The van der Waals surface area contributed by atoms with Gasteiger partial charge in [0, 0.05) is 18.2 Å². The number of hydrogen-bond acceptors (Lipinski definition) is 1. The van der Waals surface area contributed by atoms with Gasteiger partial charge >= 0.3 is 0 Å². The van der Waals surface area contributed by atoms with Crippen molar-refractivity contribution in [3.05, 3.63) is 41.7 Å². The molecule has 0 fully saturated rings. The quantitative estimate of drug-likeness (QED) is 0.748. The maximum atomic E-state index is 12.7. The molecule has 0 N–H and O–H groups in total. The van der Waals surface area contributed by atoms with E-state index in [1.165, 1.54) is 18.2 Å². The van der Waals surface area contributed by atoms with Crippen LogP contribution in [-0.4, -0.2) is 22.9 Å². The largest absolute Gasteiger partial charge is 0.334 e.